The van der Waals surface area contributed by atoms with E-state index in [1.54, 1.807) is 6.20 Å². The van der Waals surface area contributed by atoms with Crippen LogP contribution in [0, 0.1) is 0 Å². The van der Waals surface area contributed by atoms with Gasteiger partial charge in [0.05, 0.1) is 6.04 Å². The number of nitrogens with one attached hydrogen (secondary N) is 4. The van der Waals surface area contributed by atoms with E-state index in [-0.39, 0.29) is 18.6 Å². The van der Waals surface area contributed by atoms with Gasteiger partial charge in [0.25, 0.3) is 0 Å². The number of aromatic hydroxyl groups is 1. The molecule has 0 aliphatic heterocycles. The highest BCUT2D eigenvalue weighted by atomic mass is 16.4. The summed E-state index contributed by atoms with van der Waals surface area (Å²) < 4.78 is 0. The highest BCUT2D eigenvalue weighted by Gasteiger charge is 2.31. The molecular formula is C30H35N5O10. The van der Waals surface area contributed by atoms with E-state index >= 15 is 0 Å². The normalized spacial score (nSPS) is 13.6. The Balaban J connectivity index is 1.80. The number of rotatable bonds is 17. The molecule has 0 radical (unpaired) electrons. The molecular weight excluding hydrogens is 590 g/mol. The fourth-order valence-corrected chi connectivity index (χ4v) is 4.59. The second-order valence-electron chi connectivity index (χ2n) is 10.4. The van der Waals surface area contributed by atoms with Crippen molar-refractivity contribution < 1.29 is 49.2 Å². The zero-order chi connectivity index (χ0) is 33.1. The SMILES string of the molecule is NC(Cc1c[nH]c2ccccc12)C(=O)NC(Cc1ccc(O)cc1)C(=O)NC(CCC(=O)O)C(=O)NC(CCC(=O)O)C(=O)O. The van der Waals surface area contributed by atoms with Crippen molar-refractivity contribution in [2.75, 3.05) is 0 Å². The number of hydrogen-bond donors (Lipinski definition) is 9. The molecule has 0 saturated carbocycles. The summed E-state index contributed by atoms with van der Waals surface area (Å²) in [5, 5.41) is 45.1. The zero-order valence-corrected chi connectivity index (χ0v) is 24.1. The van der Waals surface area contributed by atoms with Crippen LogP contribution < -0.4 is 21.7 Å². The van der Waals surface area contributed by atoms with Crippen LogP contribution >= 0.6 is 0 Å². The van der Waals surface area contributed by atoms with E-state index in [9.17, 15) is 44.1 Å². The van der Waals surface area contributed by atoms with Crippen molar-refractivity contribution in [3.05, 3.63) is 65.9 Å². The van der Waals surface area contributed by atoms with Crippen LogP contribution in [0.15, 0.2) is 54.7 Å². The van der Waals surface area contributed by atoms with Crippen LogP contribution in [-0.2, 0) is 41.6 Å². The van der Waals surface area contributed by atoms with Gasteiger partial charge in [-0.1, -0.05) is 30.3 Å². The molecule has 0 bridgehead atoms. The number of phenolic OH excluding ortho intramolecular Hbond substituents is 1. The zero-order valence-electron chi connectivity index (χ0n) is 24.1. The molecule has 0 saturated heterocycles. The Labute approximate surface area is 256 Å². The number of carbonyl (C=O) groups excluding carboxylic acids is 3. The van der Waals surface area contributed by atoms with Crippen molar-refractivity contribution in [2.45, 2.75) is 62.7 Å². The number of aromatic nitrogens is 1. The van der Waals surface area contributed by atoms with Crippen LogP contribution in [-0.4, -0.2) is 85.2 Å². The van der Waals surface area contributed by atoms with Gasteiger partial charge >= 0.3 is 17.9 Å². The van der Waals surface area contributed by atoms with E-state index in [0.29, 0.717) is 5.56 Å². The molecule has 15 heteroatoms. The predicted molar refractivity (Wildman–Crippen MR) is 159 cm³/mol. The molecule has 15 nitrogen and oxygen atoms in total. The van der Waals surface area contributed by atoms with E-state index in [1.807, 2.05) is 24.3 Å². The summed E-state index contributed by atoms with van der Waals surface area (Å²) in [6, 6.07) is 7.64. The number of carbonyl (C=O) groups is 6. The Morgan fingerprint density at radius 3 is 1.89 bits per heavy atom. The van der Waals surface area contributed by atoms with Crippen LogP contribution in [0.5, 0.6) is 5.75 Å². The number of aromatic amines is 1. The van der Waals surface area contributed by atoms with Gasteiger partial charge in [0.1, 0.15) is 23.9 Å². The van der Waals surface area contributed by atoms with Crippen LogP contribution in [0.3, 0.4) is 0 Å². The predicted octanol–water partition coefficient (Wildman–Crippen LogP) is 0.255. The summed E-state index contributed by atoms with van der Waals surface area (Å²) in [6.45, 7) is 0. The maximum Gasteiger partial charge on any atom is 0.326 e. The molecule has 4 atom stereocenters. The number of carboxylic acids is 3. The van der Waals surface area contributed by atoms with Crippen LogP contribution in [0.2, 0.25) is 0 Å². The summed E-state index contributed by atoms with van der Waals surface area (Å²) in [5.74, 6) is -6.76. The minimum Gasteiger partial charge on any atom is -0.508 e. The number of carboxylic acid groups (broad SMARTS) is 3. The molecule has 10 N–H and O–H groups in total. The van der Waals surface area contributed by atoms with Gasteiger partial charge in [-0.15, -0.1) is 0 Å². The second-order valence-corrected chi connectivity index (χ2v) is 10.4. The summed E-state index contributed by atoms with van der Waals surface area (Å²) >= 11 is 0. The average Bonchev–Trinajstić information content (AvgIpc) is 3.39. The number of amides is 3. The molecule has 0 spiro atoms. The van der Waals surface area contributed by atoms with Gasteiger partial charge in [0, 0.05) is 36.4 Å². The summed E-state index contributed by atoms with van der Waals surface area (Å²) in [6.07, 6.45) is -0.285. The number of phenols is 1. The monoisotopic (exact) mass is 625 g/mol. The van der Waals surface area contributed by atoms with E-state index < -0.39 is 85.5 Å². The molecule has 2 aromatic carbocycles. The summed E-state index contributed by atoms with van der Waals surface area (Å²) in [7, 11) is 0. The van der Waals surface area contributed by atoms with Gasteiger partial charge in [-0.3, -0.25) is 24.0 Å². The number of aliphatic carboxylic acids is 3. The van der Waals surface area contributed by atoms with Crippen LogP contribution in [0.1, 0.15) is 36.8 Å². The Bertz CT molecular complexity index is 1540. The topological polar surface area (TPSA) is 261 Å². The van der Waals surface area contributed by atoms with Crippen molar-refractivity contribution in [3.8, 4) is 5.75 Å². The fraction of sp³-hybridized carbons (Fsp3) is 0.333. The van der Waals surface area contributed by atoms with Crippen molar-refractivity contribution in [1.29, 1.82) is 0 Å². The maximum absolute atomic E-state index is 13.5. The number of nitrogens with two attached hydrogens (primary N) is 1. The molecule has 0 fully saturated rings. The minimum atomic E-state index is -1.62. The van der Waals surface area contributed by atoms with Gasteiger partial charge in [0.2, 0.25) is 17.7 Å². The molecule has 45 heavy (non-hydrogen) atoms. The Hall–Kier alpha value is -5.44. The number of benzene rings is 2. The lowest BCUT2D eigenvalue weighted by atomic mass is 10.0. The van der Waals surface area contributed by atoms with E-state index in [0.717, 1.165) is 16.5 Å². The lowest BCUT2D eigenvalue weighted by Gasteiger charge is -2.25. The third-order valence-corrected chi connectivity index (χ3v) is 7.00. The van der Waals surface area contributed by atoms with E-state index in [4.69, 9.17) is 10.8 Å². The molecule has 1 aromatic heterocycles. The number of hydrogen-bond acceptors (Lipinski definition) is 8. The molecule has 3 amide bonds. The lowest BCUT2D eigenvalue weighted by molar-refractivity contribution is -0.144. The Morgan fingerprint density at radius 2 is 1.27 bits per heavy atom. The van der Waals surface area contributed by atoms with Gasteiger partial charge in [0.15, 0.2) is 0 Å². The largest absolute Gasteiger partial charge is 0.508 e. The summed E-state index contributed by atoms with van der Waals surface area (Å²) in [4.78, 5) is 76.6. The van der Waals surface area contributed by atoms with Crippen molar-refractivity contribution in [1.82, 2.24) is 20.9 Å². The molecule has 0 aliphatic rings. The number of H-pyrrole nitrogens is 1. The summed E-state index contributed by atoms with van der Waals surface area (Å²) in [5.41, 5.74) is 8.35. The van der Waals surface area contributed by atoms with Gasteiger partial charge in [-0.25, -0.2) is 4.79 Å². The number of para-hydroxylation sites is 1. The smallest absolute Gasteiger partial charge is 0.326 e. The average molecular weight is 626 g/mol. The van der Waals surface area contributed by atoms with Gasteiger partial charge in [-0.05, 0) is 48.6 Å². The molecule has 4 unspecified atom stereocenters. The molecule has 3 aromatic rings. The third kappa shape index (κ3) is 10.4. The Morgan fingerprint density at radius 1 is 0.711 bits per heavy atom. The third-order valence-electron chi connectivity index (χ3n) is 7.00. The first-order valence-corrected chi connectivity index (χ1v) is 14.0. The molecule has 1 heterocycles. The highest BCUT2D eigenvalue weighted by Crippen LogP contribution is 2.19. The van der Waals surface area contributed by atoms with Gasteiger partial charge < -0.3 is 47.1 Å². The lowest BCUT2D eigenvalue weighted by Crippen LogP contribution is -2.57. The first-order chi connectivity index (χ1) is 21.3. The van der Waals surface area contributed by atoms with E-state index in [1.165, 1.54) is 24.3 Å². The number of fused-ring (bicyclic) bond motifs is 1. The molecule has 240 valence electrons. The standard InChI is InChI=1S/C30H35N5O10/c31-20(14-17-15-32-21-4-2-1-3-19(17)21)27(41)35-24(13-16-5-7-18(36)8-6-16)29(43)33-22(9-11-25(37)38)28(42)34-23(30(44)45)10-12-26(39)40/h1-8,15,20,22-24,32,36H,9-14,31H2,(H,33,43)(H,34,42)(H,35,41)(H,37,38)(H,39,40)(H,44,45). The van der Waals surface area contributed by atoms with Crippen molar-refractivity contribution in [3.63, 3.8) is 0 Å². The van der Waals surface area contributed by atoms with Crippen molar-refractivity contribution >= 4 is 46.5 Å². The minimum absolute atomic E-state index is 0.0363. The molecule has 0 aliphatic carbocycles. The first kappa shape index (κ1) is 34.1. The fourth-order valence-electron chi connectivity index (χ4n) is 4.59. The Kier molecular flexibility index (Phi) is 12.0. The molecule has 3 rings (SSSR count). The van der Waals surface area contributed by atoms with Gasteiger partial charge in [-0.2, -0.15) is 0 Å². The second kappa shape index (κ2) is 15.9. The maximum atomic E-state index is 13.5. The van der Waals surface area contributed by atoms with Crippen molar-refractivity contribution in [2.24, 2.45) is 5.73 Å². The highest BCUT2D eigenvalue weighted by molar-refractivity contribution is 5.95. The van der Waals surface area contributed by atoms with E-state index in [2.05, 4.69) is 20.9 Å². The van der Waals surface area contributed by atoms with Crippen LogP contribution in [0.4, 0.5) is 0 Å². The van der Waals surface area contributed by atoms with Crippen LogP contribution in [0.25, 0.3) is 10.9 Å². The first-order valence-electron chi connectivity index (χ1n) is 14.0. The quantitative estimate of drug-likeness (QED) is 0.0982.